The highest BCUT2D eigenvalue weighted by molar-refractivity contribution is 7.84. The summed E-state index contributed by atoms with van der Waals surface area (Å²) in [6.45, 7) is 11.0. The van der Waals surface area contributed by atoms with Crippen LogP contribution in [-0.2, 0) is 37.9 Å². The molecule has 2 aromatic heterocycles. The van der Waals surface area contributed by atoms with Crippen molar-refractivity contribution in [2.24, 2.45) is 0 Å². The number of morpholine rings is 1. The fraction of sp³-hybridized carbons (Fsp3) is 0.464. The molecule has 3 aromatic rings. The molecule has 1 aromatic carbocycles. The van der Waals surface area contributed by atoms with Crippen molar-refractivity contribution in [3.05, 3.63) is 65.7 Å². The first-order valence-corrected chi connectivity index (χ1v) is 14.7. The smallest absolute Gasteiger partial charge is 0.230 e. The Balaban J connectivity index is 0.000000771. The molecule has 1 amide bonds. The van der Waals surface area contributed by atoms with Gasteiger partial charge in [-0.05, 0) is 36.6 Å². The standard InChI is InChI=1S/C27H34N4O3.CH4O3S/c1-27(2,3)24-18-25(30-34-24)29-26(32)17-20-6-8-21(9-7-20)22-10-11-23(28-19-22)5-4-12-31-13-15-33-16-14-31;1-5(2,3)4/h6-11,18-19H,4-5,12-17H2,1-3H3,(H,29,30,32);1H3,(H,2,3,4)/p-1. The molecule has 0 bridgehead atoms. The third-order valence-electron chi connectivity index (χ3n) is 6.00. The number of carbonyl (C=O) groups is 1. The highest BCUT2D eigenvalue weighted by atomic mass is 32.2. The maximum absolute atomic E-state index is 12.4. The van der Waals surface area contributed by atoms with Crippen LogP contribution in [0.5, 0.6) is 0 Å². The molecule has 1 aliphatic heterocycles. The van der Waals surface area contributed by atoms with Gasteiger partial charge in [-0.25, -0.2) is 8.42 Å². The van der Waals surface area contributed by atoms with Crippen molar-refractivity contribution in [2.45, 2.75) is 45.4 Å². The Hall–Kier alpha value is -3.12. The zero-order valence-electron chi connectivity index (χ0n) is 23.0. The van der Waals surface area contributed by atoms with Crippen LogP contribution >= 0.6 is 0 Å². The van der Waals surface area contributed by atoms with Gasteiger partial charge in [0.15, 0.2) is 5.82 Å². The van der Waals surface area contributed by atoms with Gasteiger partial charge in [0.1, 0.15) is 5.76 Å². The van der Waals surface area contributed by atoms with Crippen LogP contribution in [0.4, 0.5) is 5.82 Å². The maximum Gasteiger partial charge on any atom is 0.230 e. The minimum absolute atomic E-state index is 0.121. The predicted octanol–water partition coefficient (Wildman–Crippen LogP) is 3.64. The Morgan fingerprint density at radius 2 is 1.72 bits per heavy atom. The van der Waals surface area contributed by atoms with E-state index in [1.54, 1.807) is 6.07 Å². The molecule has 1 fully saturated rings. The fourth-order valence-corrected chi connectivity index (χ4v) is 3.93. The average Bonchev–Trinajstić information content (AvgIpc) is 3.34. The summed E-state index contributed by atoms with van der Waals surface area (Å²) in [5.41, 5.74) is 4.07. The summed E-state index contributed by atoms with van der Waals surface area (Å²) in [6.07, 6.45) is 4.90. The number of ether oxygens (including phenoxy) is 1. The van der Waals surface area contributed by atoms with Crippen LogP contribution in [0.15, 0.2) is 53.2 Å². The zero-order valence-corrected chi connectivity index (χ0v) is 23.8. The quantitative estimate of drug-likeness (QED) is 0.411. The maximum atomic E-state index is 12.4. The average molecular weight is 558 g/mol. The Bertz CT molecular complexity index is 1290. The van der Waals surface area contributed by atoms with Crippen LogP contribution in [0, 0.1) is 0 Å². The first kappa shape index (κ1) is 30.4. The SMILES string of the molecule is CC(C)(C)c1cc(NC(=O)Cc2ccc(-c3ccc(CCCN4CCOCC4)nc3)cc2)no1.CS(=O)(=O)[O-]. The van der Waals surface area contributed by atoms with Gasteiger partial charge in [-0.3, -0.25) is 14.7 Å². The van der Waals surface area contributed by atoms with Crippen molar-refractivity contribution in [3.63, 3.8) is 0 Å². The second-order valence-electron chi connectivity index (χ2n) is 10.5. The molecular formula is C28H37N4O6S-. The minimum Gasteiger partial charge on any atom is -0.748 e. The minimum atomic E-state index is -3.92. The molecule has 0 aliphatic carbocycles. The molecule has 0 saturated carbocycles. The summed E-state index contributed by atoms with van der Waals surface area (Å²) in [4.78, 5) is 19.5. The van der Waals surface area contributed by atoms with E-state index >= 15 is 0 Å². The molecule has 3 heterocycles. The van der Waals surface area contributed by atoms with E-state index in [9.17, 15) is 4.79 Å². The Kier molecular flexibility index (Phi) is 10.8. The summed E-state index contributed by atoms with van der Waals surface area (Å²) < 4.78 is 38.0. The van der Waals surface area contributed by atoms with Crippen molar-refractivity contribution in [3.8, 4) is 11.1 Å². The van der Waals surface area contributed by atoms with Crippen molar-refractivity contribution in [1.82, 2.24) is 15.0 Å². The predicted molar refractivity (Wildman–Crippen MR) is 148 cm³/mol. The lowest BCUT2D eigenvalue weighted by atomic mass is 9.93. The van der Waals surface area contributed by atoms with E-state index in [0.717, 1.165) is 73.8 Å². The lowest BCUT2D eigenvalue weighted by Crippen LogP contribution is -2.36. The number of anilines is 1. The van der Waals surface area contributed by atoms with Crippen molar-refractivity contribution >= 4 is 21.8 Å². The Morgan fingerprint density at radius 3 is 2.28 bits per heavy atom. The molecule has 0 atom stereocenters. The third kappa shape index (κ3) is 11.3. The van der Waals surface area contributed by atoms with Gasteiger partial charge in [-0.2, -0.15) is 0 Å². The number of carbonyl (C=O) groups excluding carboxylic acids is 1. The van der Waals surface area contributed by atoms with E-state index in [-0.39, 0.29) is 17.7 Å². The Labute approximate surface area is 230 Å². The Morgan fingerprint density at radius 1 is 1.08 bits per heavy atom. The molecule has 4 rings (SSSR count). The van der Waals surface area contributed by atoms with E-state index in [1.807, 2.05) is 51.2 Å². The molecule has 1 aliphatic rings. The summed E-state index contributed by atoms with van der Waals surface area (Å²) in [6, 6.07) is 14.0. The number of nitrogens with one attached hydrogen (secondary N) is 1. The van der Waals surface area contributed by atoms with E-state index in [4.69, 9.17) is 22.2 Å². The zero-order chi connectivity index (χ0) is 28.5. The van der Waals surface area contributed by atoms with Crippen LogP contribution in [-0.4, -0.2) is 73.0 Å². The van der Waals surface area contributed by atoms with Gasteiger partial charge in [-0.1, -0.05) is 56.3 Å². The summed E-state index contributed by atoms with van der Waals surface area (Å²) in [5, 5.41) is 6.76. The van der Waals surface area contributed by atoms with E-state index in [2.05, 4.69) is 32.5 Å². The van der Waals surface area contributed by atoms with Gasteiger partial charge in [0, 0.05) is 48.3 Å². The second kappa shape index (κ2) is 13.8. The fourth-order valence-electron chi connectivity index (χ4n) is 3.93. The molecular weight excluding hydrogens is 520 g/mol. The van der Waals surface area contributed by atoms with Crippen molar-refractivity contribution in [2.75, 3.05) is 44.4 Å². The van der Waals surface area contributed by atoms with Crippen molar-refractivity contribution in [1.29, 1.82) is 0 Å². The lowest BCUT2D eigenvalue weighted by Gasteiger charge is -2.26. The number of amides is 1. The summed E-state index contributed by atoms with van der Waals surface area (Å²) >= 11 is 0. The van der Waals surface area contributed by atoms with Crippen LogP contribution < -0.4 is 5.32 Å². The van der Waals surface area contributed by atoms with Gasteiger partial charge >= 0.3 is 0 Å². The second-order valence-corrected chi connectivity index (χ2v) is 12.0. The molecule has 11 heteroatoms. The van der Waals surface area contributed by atoms with Gasteiger partial charge < -0.3 is 19.1 Å². The first-order valence-electron chi connectivity index (χ1n) is 12.9. The third-order valence-corrected chi connectivity index (χ3v) is 6.00. The molecule has 0 spiro atoms. The number of pyridine rings is 1. The number of nitrogens with zero attached hydrogens (tertiary/aromatic N) is 3. The first-order chi connectivity index (χ1) is 18.4. The largest absolute Gasteiger partial charge is 0.748 e. The van der Waals surface area contributed by atoms with Gasteiger partial charge in [0.25, 0.3) is 0 Å². The summed E-state index contributed by atoms with van der Waals surface area (Å²) in [7, 11) is -3.92. The van der Waals surface area contributed by atoms with Crippen LogP contribution in [0.25, 0.3) is 11.1 Å². The highest BCUT2D eigenvalue weighted by Gasteiger charge is 2.20. The van der Waals surface area contributed by atoms with Gasteiger partial charge in [0.05, 0.1) is 29.8 Å². The topological polar surface area (TPSA) is 138 Å². The molecule has 212 valence electrons. The van der Waals surface area contributed by atoms with Crippen LogP contribution in [0.2, 0.25) is 0 Å². The monoisotopic (exact) mass is 557 g/mol. The van der Waals surface area contributed by atoms with E-state index in [1.165, 1.54) is 0 Å². The van der Waals surface area contributed by atoms with Crippen molar-refractivity contribution < 1.29 is 27.0 Å². The number of benzene rings is 1. The molecule has 0 unspecified atom stereocenters. The van der Waals surface area contributed by atoms with Crippen LogP contribution in [0.1, 0.15) is 44.2 Å². The molecule has 10 nitrogen and oxygen atoms in total. The van der Waals surface area contributed by atoms with E-state index in [0.29, 0.717) is 12.1 Å². The number of rotatable bonds is 8. The van der Waals surface area contributed by atoms with E-state index < -0.39 is 10.1 Å². The van der Waals surface area contributed by atoms with Crippen LogP contribution in [0.3, 0.4) is 0 Å². The molecule has 1 N–H and O–H groups in total. The summed E-state index contributed by atoms with van der Waals surface area (Å²) in [5.74, 6) is 1.07. The number of aryl methyl sites for hydroxylation is 1. The highest BCUT2D eigenvalue weighted by Crippen LogP contribution is 2.24. The lowest BCUT2D eigenvalue weighted by molar-refractivity contribution is -0.115. The molecule has 0 radical (unpaired) electrons. The molecule has 39 heavy (non-hydrogen) atoms. The van der Waals surface area contributed by atoms with Gasteiger partial charge in [0.2, 0.25) is 5.91 Å². The molecule has 1 saturated heterocycles. The van der Waals surface area contributed by atoms with Gasteiger partial charge in [-0.15, -0.1) is 0 Å². The number of hydrogen-bond acceptors (Lipinski definition) is 9. The number of hydrogen-bond donors (Lipinski definition) is 1. The number of aromatic nitrogens is 2. The normalized spacial score (nSPS) is 14.4.